The van der Waals surface area contributed by atoms with E-state index in [4.69, 9.17) is 4.74 Å². The fraction of sp³-hybridized carbons (Fsp3) is 0.379. The summed E-state index contributed by atoms with van der Waals surface area (Å²) < 4.78 is 63.0. The largest absolute Gasteiger partial charge is 0.507 e. The molecule has 10 heteroatoms. The van der Waals surface area contributed by atoms with Gasteiger partial charge in [-0.1, -0.05) is 35.4 Å². The monoisotopic (exact) mass is 570 g/mol. The molecule has 8 nitrogen and oxygen atoms in total. The Morgan fingerprint density at radius 1 is 0.718 bits per heavy atom. The van der Waals surface area contributed by atoms with Crippen LogP contribution in [-0.2, 0) is 20.0 Å². The van der Waals surface area contributed by atoms with Crippen molar-refractivity contribution in [3.63, 3.8) is 0 Å². The van der Waals surface area contributed by atoms with Crippen LogP contribution in [-0.4, -0.2) is 50.8 Å². The third-order valence-corrected chi connectivity index (χ3v) is 11.6. The average molecular weight is 571 g/mol. The Morgan fingerprint density at radius 2 is 1.15 bits per heavy atom. The van der Waals surface area contributed by atoms with E-state index in [-0.39, 0.29) is 15.5 Å². The molecule has 0 aromatic heterocycles. The minimum absolute atomic E-state index is 0.0717. The van der Waals surface area contributed by atoms with E-state index < -0.39 is 32.1 Å². The molecule has 0 aliphatic carbocycles. The van der Waals surface area contributed by atoms with Gasteiger partial charge >= 0.3 is 0 Å². The molecule has 0 amide bonds. The van der Waals surface area contributed by atoms with Crippen molar-refractivity contribution in [2.45, 2.75) is 61.4 Å². The first-order chi connectivity index (χ1) is 18.5. The standard InChI is InChI=1S/C29H34N2O6S2/c1-20-8-12-22(13-9-20)38(33,34)30-16-4-6-26(30)24-18-25(29(37-3)19-28(24)32)27-7-5-17-31(27)39(35,36)23-14-10-21(2)11-15-23/h8-15,18-19,26-27,32H,4-7,16-17H2,1-3H3. The Morgan fingerprint density at radius 3 is 1.59 bits per heavy atom. The van der Waals surface area contributed by atoms with E-state index in [1.54, 1.807) is 54.6 Å². The molecule has 2 aliphatic heterocycles. The van der Waals surface area contributed by atoms with Crippen molar-refractivity contribution < 1.29 is 26.7 Å². The van der Waals surface area contributed by atoms with Gasteiger partial charge in [-0.2, -0.15) is 8.61 Å². The van der Waals surface area contributed by atoms with Crippen LogP contribution in [0.3, 0.4) is 0 Å². The maximum Gasteiger partial charge on any atom is 0.243 e. The fourth-order valence-electron chi connectivity index (χ4n) is 5.68. The van der Waals surface area contributed by atoms with Gasteiger partial charge in [-0.25, -0.2) is 16.8 Å². The smallest absolute Gasteiger partial charge is 0.243 e. The van der Waals surface area contributed by atoms with Crippen molar-refractivity contribution in [1.82, 2.24) is 8.61 Å². The molecule has 2 atom stereocenters. The van der Waals surface area contributed by atoms with Gasteiger partial charge in [-0.15, -0.1) is 0 Å². The first-order valence-electron chi connectivity index (χ1n) is 13.1. The summed E-state index contributed by atoms with van der Waals surface area (Å²) in [6.45, 7) is 4.50. The zero-order valence-electron chi connectivity index (χ0n) is 22.4. The molecule has 0 spiro atoms. The predicted molar refractivity (Wildman–Crippen MR) is 149 cm³/mol. The van der Waals surface area contributed by atoms with Gasteiger partial charge in [-0.3, -0.25) is 0 Å². The van der Waals surface area contributed by atoms with Gasteiger partial charge in [-0.05, 0) is 69.9 Å². The van der Waals surface area contributed by atoms with Crippen molar-refractivity contribution in [3.05, 3.63) is 82.9 Å². The van der Waals surface area contributed by atoms with E-state index in [9.17, 15) is 21.9 Å². The van der Waals surface area contributed by atoms with E-state index in [2.05, 4.69) is 0 Å². The molecule has 2 saturated heterocycles. The number of aryl methyl sites for hydroxylation is 2. The number of hydrogen-bond acceptors (Lipinski definition) is 6. The summed E-state index contributed by atoms with van der Waals surface area (Å²) in [5, 5.41) is 11.0. The van der Waals surface area contributed by atoms with Crippen LogP contribution in [0.5, 0.6) is 11.5 Å². The molecule has 3 aromatic rings. The quantitative estimate of drug-likeness (QED) is 0.425. The van der Waals surface area contributed by atoms with Gasteiger partial charge in [0.1, 0.15) is 11.5 Å². The SMILES string of the molecule is COc1cc(O)c(C2CCCN2S(=O)(=O)c2ccc(C)cc2)cc1C1CCCN1S(=O)(=O)c1ccc(C)cc1. The number of nitrogens with zero attached hydrogens (tertiary/aromatic N) is 2. The number of sulfonamides is 2. The lowest BCUT2D eigenvalue weighted by molar-refractivity contribution is 0.355. The highest BCUT2D eigenvalue weighted by Crippen LogP contribution is 2.47. The second-order valence-electron chi connectivity index (χ2n) is 10.3. The molecule has 2 aliphatic rings. The number of ether oxygens (including phenoxy) is 1. The van der Waals surface area contributed by atoms with Gasteiger partial charge < -0.3 is 9.84 Å². The van der Waals surface area contributed by atoms with Crippen molar-refractivity contribution in [2.75, 3.05) is 20.2 Å². The van der Waals surface area contributed by atoms with Crippen LogP contribution >= 0.6 is 0 Å². The highest BCUT2D eigenvalue weighted by Gasteiger charge is 2.41. The highest BCUT2D eigenvalue weighted by atomic mass is 32.2. The lowest BCUT2D eigenvalue weighted by Crippen LogP contribution is -2.32. The molecule has 208 valence electrons. The van der Waals surface area contributed by atoms with Crippen molar-refractivity contribution in [2.24, 2.45) is 0 Å². The minimum atomic E-state index is -3.81. The Balaban J connectivity index is 1.54. The van der Waals surface area contributed by atoms with Gasteiger partial charge in [0.05, 0.1) is 29.0 Å². The molecular formula is C29H34N2O6S2. The van der Waals surface area contributed by atoms with Crippen LogP contribution in [0, 0.1) is 13.8 Å². The van der Waals surface area contributed by atoms with Crippen molar-refractivity contribution in [1.29, 1.82) is 0 Å². The van der Waals surface area contributed by atoms with Crippen molar-refractivity contribution in [3.8, 4) is 11.5 Å². The van der Waals surface area contributed by atoms with E-state index in [1.165, 1.54) is 21.8 Å². The molecular weight excluding hydrogens is 536 g/mol. The van der Waals surface area contributed by atoms with Crippen LogP contribution < -0.4 is 4.74 Å². The maximum atomic E-state index is 13.6. The first kappa shape index (κ1) is 27.6. The Bertz CT molecular complexity index is 1570. The molecule has 2 fully saturated rings. The zero-order chi connectivity index (χ0) is 27.9. The molecule has 0 bridgehead atoms. The lowest BCUT2D eigenvalue weighted by Gasteiger charge is -2.29. The minimum Gasteiger partial charge on any atom is -0.507 e. The molecule has 2 unspecified atom stereocenters. The van der Waals surface area contributed by atoms with Crippen LogP contribution in [0.2, 0.25) is 0 Å². The third kappa shape index (κ3) is 5.06. The van der Waals surface area contributed by atoms with E-state index in [0.29, 0.717) is 55.6 Å². The summed E-state index contributed by atoms with van der Waals surface area (Å²) in [5.74, 6) is 0.302. The maximum absolute atomic E-state index is 13.6. The topological polar surface area (TPSA) is 104 Å². The van der Waals surface area contributed by atoms with E-state index >= 15 is 0 Å². The highest BCUT2D eigenvalue weighted by molar-refractivity contribution is 7.89. The van der Waals surface area contributed by atoms with E-state index in [0.717, 1.165) is 11.1 Å². The number of benzene rings is 3. The summed E-state index contributed by atoms with van der Waals surface area (Å²) in [6, 6.07) is 15.7. The number of hydrogen-bond donors (Lipinski definition) is 1. The van der Waals surface area contributed by atoms with Crippen LogP contribution in [0.25, 0.3) is 0 Å². The number of phenols is 1. The summed E-state index contributed by atoms with van der Waals surface area (Å²) in [5.41, 5.74) is 3.01. The van der Waals surface area contributed by atoms with Gasteiger partial charge in [0, 0.05) is 30.3 Å². The fourth-order valence-corrected chi connectivity index (χ4v) is 9.02. The van der Waals surface area contributed by atoms with Gasteiger partial charge in [0.2, 0.25) is 20.0 Å². The van der Waals surface area contributed by atoms with Gasteiger partial charge in [0.25, 0.3) is 0 Å². The summed E-state index contributed by atoms with van der Waals surface area (Å²) in [4.78, 5) is 0.434. The molecule has 1 N–H and O–H groups in total. The molecule has 2 heterocycles. The Labute approximate surface area is 230 Å². The van der Waals surface area contributed by atoms with Crippen LogP contribution in [0.1, 0.15) is 60.0 Å². The lowest BCUT2D eigenvalue weighted by atomic mass is 9.96. The summed E-state index contributed by atoms with van der Waals surface area (Å²) in [7, 11) is -6.11. The molecule has 0 saturated carbocycles. The molecule has 0 radical (unpaired) electrons. The number of aromatic hydroxyl groups is 1. The first-order valence-corrected chi connectivity index (χ1v) is 16.0. The van der Waals surface area contributed by atoms with Crippen LogP contribution in [0.4, 0.5) is 0 Å². The zero-order valence-corrected chi connectivity index (χ0v) is 24.0. The predicted octanol–water partition coefficient (Wildman–Crippen LogP) is 5.07. The number of rotatable bonds is 7. The van der Waals surface area contributed by atoms with Crippen molar-refractivity contribution >= 4 is 20.0 Å². The molecule has 3 aromatic carbocycles. The van der Waals surface area contributed by atoms with Crippen LogP contribution in [0.15, 0.2) is 70.5 Å². The third-order valence-electron chi connectivity index (χ3n) is 7.76. The Kier molecular flexibility index (Phi) is 7.49. The summed E-state index contributed by atoms with van der Waals surface area (Å²) >= 11 is 0. The summed E-state index contributed by atoms with van der Waals surface area (Å²) in [6.07, 6.45) is 2.45. The second kappa shape index (κ2) is 10.6. The molecule has 5 rings (SSSR count). The number of methoxy groups -OCH3 is 1. The second-order valence-corrected chi connectivity index (χ2v) is 14.1. The Hall–Kier alpha value is -2.92. The molecule has 39 heavy (non-hydrogen) atoms. The van der Waals surface area contributed by atoms with E-state index in [1.807, 2.05) is 13.8 Å². The average Bonchev–Trinajstić information content (AvgIpc) is 3.60. The van der Waals surface area contributed by atoms with Gasteiger partial charge in [0.15, 0.2) is 0 Å². The number of phenolic OH excluding ortho intramolecular Hbond substituents is 1. The normalized spacial score (nSPS) is 20.9.